The molecule has 0 aliphatic heterocycles. The Labute approximate surface area is 216 Å². The maximum atomic E-state index is 10.6. The van der Waals surface area contributed by atoms with Crippen LogP contribution in [0.15, 0.2) is 42.9 Å². The average Bonchev–Trinajstić information content (AvgIpc) is 3.30. The van der Waals surface area contributed by atoms with Crippen LogP contribution in [0.2, 0.25) is 5.02 Å². The summed E-state index contributed by atoms with van der Waals surface area (Å²) in [7, 11) is 2.10. The number of aliphatic hydroxyl groups is 1. The van der Waals surface area contributed by atoms with Crippen LogP contribution in [0.5, 0.6) is 0 Å². The minimum Gasteiger partial charge on any atom is -0.475 e. The molecule has 9 nitrogen and oxygen atoms in total. The Morgan fingerprint density at radius 2 is 1.78 bits per heavy atom. The molecule has 2 heterocycles. The second-order valence-electron chi connectivity index (χ2n) is 8.47. The summed E-state index contributed by atoms with van der Waals surface area (Å²) in [4.78, 5) is 19.8. The lowest BCUT2D eigenvalue weighted by atomic mass is 9.81. The van der Waals surface area contributed by atoms with E-state index in [1.54, 1.807) is 12.5 Å². The number of rotatable bonds is 6. The van der Waals surface area contributed by atoms with Crippen molar-refractivity contribution in [2.45, 2.75) is 43.8 Å². The van der Waals surface area contributed by atoms with Crippen molar-refractivity contribution in [2.24, 2.45) is 0 Å². The Morgan fingerprint density at radius 3 is 2.30 bits per heavy atom. The van der Waals surface area contributed by atoms with E-state index in [4.69, 9.17) is 21.5 Å². The van der Waals surface area contributed by atoms with Gasteiger partial charge in [0.25, 0.3) is 0 Å². The smallest absolute Gasteiger partial charge is 0.475 e. The number of carboxylic acids is 1. The molecule has 202 valence electrons. The zero-order valence-electron chi connectivity index (χ0n) is 20.0. The van der Waals surface area contributed by atoms with Crippen molar-refractivity contribution in [2.75, 3.05) is 20.2 Å². The fourth-order valence-electron chi connectivity index (χ4n) is 4.31. The van der Waals surface area contributed by atoms with Gasteiger partial charge in [0.15, 0.2) is 0 Å². The lowest BCUT2D eigenvalue weighted by molar-refractivity contribution is -0.192. The molecule has 0 atom stereocenters. The minimum absolute atomic E-state index is 0. The molecule has 0 amide bonds. The van der Waals surface area contributed by atoms with E-state index in [0.29, 0.717) is 17.0 Å². The predicted octanol–water partition coefficient (Wildman–Crippen LogP) is 3.95. The second-order valence-corrected chi connectivity index (χ2v) is 8.91. The molecule has 0 spiro atoms. The van der Waals surface area contributed by atoms with Gasteiger partial charge in [0.1, 0.15) is 12.0 Å². The molecule has 0 unspecified atom stereocenters. The first kappa shape index (κ1) is 30.2. The van der Waals surface area contributed by atoms with Crippen molar-refractivity contribution in [3.05, 3.63) is 53.6 Å². The largest absolute Gasteiger partial charge is 0.490 e. The number of carbonyl (C=O) groups is 1. The van der Waals surface area contributed by atoms with Crippen molar-refractivity contribution in [3.63, 3.8) is 0 Å². The van der Waals surface area contributed by atoms with E-state index >= 15 is 0 Å². The topological polar surface area (TPSA) is 147 Å². The summed E-state index contributed by atoms with van der Waals surface area (Å²) in [5, 5.41) is 25.1. The van der Waals surface area contributed by atoms with Gasteiger partial charge in [-0.05, 0) is 50.9 Å². The number of halogens is 4. The van der Waals surface area contributed by atoms with E-state index in [-0.39, 0.29) is 12.1 Å². The lowest BCUT2D eigenvalue weighted by Crippen LogP contribution is -2.36. The number of aromatic amines is 1. The third kappa shape index (κ3) is 7.96. The first-order chi connectivity index (χ1) is 17.1. The number of benzene rings is 1. The lowest BCUT2D eigenvalue weighted by Gasteiger charge is -2.34. The number of carboxylic acid groups (broad SMARTS) is 1. The molecule has 1 aliphatic rings. The molecule has 1 aromatic carbocycles. The number of alkyl halides is 3. The number of aromatic nitrogens is 4. The molecule has 4 rings (SSSR count). The molecule has 1 saturated carbocycles. The molecule has 37 heavy (non-hydrogen) atoms. The van der Waals surface area contributed by atoms with E-state index in [0.717, 1.165) is 60.4 Å². The number of nitrogens with one attached hydrogen (secondary N) is 1. The quantitative estimate of drug-likeness (QED) is 0.426. The van der Waals surface area contributed by atoms with E-state index < -0.39 is 12.1 Å². The van der Waals surface area contributed by atoms with E-state index in [9.17, 15) is 18.3 Å². The van der Waals surface area contributed by atoms with Crippen LogP contribution < -0.4 is 0 Å². The maximum Gasteiger partial charge on any atom is 0.490 e. The first-order valence-corrected chi connectivity index (χ1v) is 11.7. The summed E-state index contributed by atoms with van der Waals surface area (Å²) in [6, 6.07) is 10.2. The molecule has 1 fully saturated rings. The normalized spacial score (nSPS) is 17.5. The summed E-state index contributed by atoms with van der Waals surface area (Å²) in [6.45, 7) is 0.936. The standard InChI is InChI=1S/C22H26ClN5O.C2HF3O2.H2O/c1-28(12-13-29)18-8-4-16(5-9-18)22-20(19-10-11-24-14-25-19)21(26-27-22)15-2-6-17(23)7-3-15;3-2(4,5)1(6)7;/h2-3,6-7,10-11,14,16,18,29H,4-5,8-9,12-13H2,1H3,(H,26,27);(H,6,7);1H2. The average molecular weight is 544 g/mol. The monoisotopic (exact) mass is 543 g/mol. The van der Waals surface area contributed by atoms with Crippen LogP contribution in [0.25, 0.3) is 22.5 Å². The second kappa shape index (κ2) is 13.5. The molecule has 0 bridgehead atoms. The number of likely N-dealkylation sites (N-methyl/N-ethyl adjacent to an activating group) is 1. The van der Waals surface area contributed by atoms with Gasteiger partial charge in [0, 0.05) is 46.5 Å². The van der Waals surface area contributed by atoms with Crippen LogP contribution in [-0.4, -0.2) is 79.1 Å². The molecule has 2 aromatic heterocycles. The molecule has 0 saturated heterocycles. The molecule has 13 heteroatoms. The Bertz CT molecular complexity index is 1120. The fraction of sp³-hybridized carbons (Fsp3) is 0.417. The van der Waals surface area contributed by atoms with Gasteiger partial charge in [0.05, 0.1) is 12.3 Å². The SMILES string of the molecule is CN(CCO)C1CCC(c2[nH]nc(-c3ccc(Cl)cc3)c2-c2ccncn2)CC1.O.O=C(O)C(F)(F)F. The molecule has 1 aliphatic carbocycles. The molecule has 3 aromatic rings. The fourth-order valence-corrected chi connectivity index (χ4v) is 4.44. The van der Waals surface area contributed by atoms with Crippen molar-refractivity contribution in [1.82, 2.24) is 25.1 Å². The van der Waals surface area contributed by atoms with Gasteiger partial charge in [-0.1, -0.05) is 23.7 Å². The van der Waals surface area contributed by atoms with Gasteiger partial charge >= 0.3 is 12.1 Å². The van der Waals surface area contributed by atoms with Crippen LogP contribution >= 0.6 is 11.6 Å². The minimum atomic E-state index is -5.08. The highest BCUT2D eigenvalue weighted by atomic mass is 35.5. The summed E-state index contributed by atoms with van der Waals surface area (Å²) in [5.74, 6) is -2.35. The van der Waals surface area contributed by atoms with Crippen molar-refractivity contribution in [1.29, 1.82) is 0 Å². The third-order valence-corrected chi connectivity index (χ3v) is 6.43. The highest BCUT2D eigenvalue weighted by Crippen LogP contribution is 2.41. The van der Waals surface area contributed by atoms with Crippen molar-refractivity contribution >= 4 is 17.6 Å². The molecular weight excluding hydrogens is 515 g/mol. The van der Waals surface area contributed by atoms with Crippen molar-refractivity contribution in [3.8, 4) is 22.5 Å². The molecule has 0 radical (unpaired) electrons. The predicted molar refractivity (Wildman–Crippen MR) is 132 cm³/mol. The van der Waals surface area contributed by atoms with E-state index in [1.807, 2.05) is 30.3 Å². The zero-order chi connectivity index (χ0) is 26.3. The van der Waals surface area contributed by atoms with Crippen LogP contribution in [0, 0.1) is 0 Å². The summed E-state index contributed by atoms with van der Waals surface area (Å²) in [5.41, 5.74) is 5.00. The Balaban J connectivity index is 0.000000532. The number of aliphatic carboxylic acids is 1. The van der Waals surface area contributed by atoms with Gasteiger partial charge in [-0.25, -0.2) is 14.8 Å². The number of aliphatic hydroxyl groups excluding tert-OH is 1. The van der Waals surface area contributed by atoms with Gasteiger partial charge in [-0.15, -0.1) is 0 Å². The highest BCUT2D eigenvalue weighted by molar-refractivity contribution is 6.30. The highest BCUT2D eigenvalue weighted by Gasteiger charge is 2.38. The first-order valence-electron chi connectivity index (χ1n) is 11.3. The van der Waals surface area contributed by atoms with E-state index in [1.165, 1.54) is 0 Å². The van der Waals surface area contributed by atoms with Gasteiger partial charge in [0.2, 0.25) is 0 Å². The third-order valence-electron chi connectivity index (χ3n) is 6.17. The van der Waals surface area contributed by atoms with Gasteiger partial charge in [-0.2, -0.15) is 18.3 Å². The van der Waals surface area contributed by atoms with Crippen LogP contribution in [0.1, 0.15) is 37.3 Å². The van der Waals surface area contributed by atoms with Gasteiger partial charge < -0.3 is 20.6 Å². The zero-order valence-corrected chi connectivity index (χ0v) is 20.8. The van der Waals surface area contributed by atoms with E-state index in [2.05, 4.69) is 32.1 Å². The summed E-state index contributed by atoms with van der Waals surface area (Å²) in [6.07, 6.45) is 2.66. The Morgan fingerprint density at radius 1 is 1.16 bits per heavy atom. The van der Waals surface area contributed by atoms with Gasteiger partial charge in [-0.3, -0.25) is 5.10 Å². The Hall–Kier alpha value is -3.06. The van der Waals surface area contributed by atoms with Crippen molar-refractivity contribution < 1.29 is 33.7 Å². The van der Waals surface area contributed by atoms with Crippen LogP contribution in [-0.2, 0) is 4.79 Å². The number of hydrogen-bond acceptors (Lipinski definition) is 6. The number of H-pyrrole nitrogens is 1. The number of nitrogens with zero attached hydrogens (tertiary/aromatic N) is 4. The number of hydrogen-bond donors (Lipinski definition) is 3. The summed E-state index contributed by atoms with van der Waals surface area (Å²) >= 11 is 6.08. The molecule has 5 N–H and O–H groups in total. The van der Waals surface area contributed by atoms with Crippen LogP contribution in [0.4, 0.5) is 13.2 Å². The maximum absolute atomic E-state index is 10.6. The summed E-state index contributed by atoms with van der Waals surface area (Å²) < 4.78 is 31.7. The Kier molecular flexibility index (Phi) is 11.0. The van der Waals surface area contributed by atoms with Crippen LogP contribution in [0.3, 0.4) is 0 Å². The molecular formula is C24H29ClF3N5O4.